The fraction of sp³-hybridized carbons (Fsp3) is 0.545. The monoisotopic (exact) mass is 206 g/mol. The minimum absolute atomic E-state index is 0.535. The maximum atomic E-state index is 4.41. The lowest BCUT2D eigenvalue weighted by Gasteiger charge is -2.32. The zero-order valence-electron chi connectivity index (χ0n) is 9.19. The molecule has 1 aliphatic rings. The number of hydrogen-bond donors (Lipinski definition) is 1. The largest absolute Gasteiger partial charge is 0.339 e. The van der Waals surface area contributed by atoms with Crippen molar-refractivity contribution in [1.82, 2.24) is 14.9 Å². The molecule has 1 unspecified atom stereocenters. The van der Waals surface area contributed by atoms with E-state index in [1.54, 1.807) is 0 Å². The fourth-order valence-corrected chi connectivity index (χ4v) is 1.98. The third-order valence-corrected chi connectivity index (χ3v) is 2.67. The highest BCUT2D eigenvalue weighted by Gasteiger charge is 2.18. The van der Waals surface area contributed by atoms with Crippen LogP contribution in [0.15, 0.2) is 25.0 Å². The summed E-state index contributed by atoms with van der Waals surface area (Å²) in [4.78, 5) is 6.73. The van der Waals surface area contributed by atoms with Gasteiger partial charge in [-0.05, 0) is 6.92 Å². The summed E-state index contributed by atoms with van der Waals surface area (Å²) in [6.07, 6.45) is 5.76. The summed E-state index contributed by atoms with van der Waals surface area (Å²) >= 11 is 0. The standard InChI is InChI=1S/C11H18N4/c1-3-6-14-7-5-13-11(14)15-8-4-12-10(2)9-15/h3,5,7,10,12H,1,4,6,8-9H2,2H3. The first-order valence-electron chi connectivity index (χ1n) is 5.41. The Hall–Kier alpha value is -1.29. The maximum absolute atomic E-state index is 4.41. The van der Waals surface area contributed by atoms with Crippen LogP contribution in [0, 0.1) is 0 Å². The van der Waals surface area contributed by atoms with E-state index in [1.807, 2.05) is 18.5 Å². The van der Waals surface area contributed by atoms with Gasteiger partial charge in [0.15, 0.2) is 0 Å². The summed E-state index contributed by atoms with van der Waals surface area (Å²) in [6, 6.07) is 0.535. The third-order valence-electron chi connectivity index (χ3n) is 2.67. The van der Waals surface area contributed by atoms with E-state index in [9.17, 15) is 0 Å². The molecule has 1 fully saturated rings. The molecule has 0 spiro atoms. The van der Waals surface area contributed by atoms with Gasteiger partial charge in [-0.25, -0.2) is 4.98 Å². The number of piperazine rings is 1. The van der Waals surface area contributed by atoms with Gasteiger partial charge in [0.2, 0.25) is 5.95 Å². The lowest BCUT2D eigenvalue weighted by molar-refractivity contribution is 0.475. The highest BCUT2D eigenvalue weighted by molar-refractivity contribution is 5.32. The molecule has 15 heavy (non-hydrogen) atoms. The second kappa shape index (κ2) is 4.49. The molecule has 1 aliphatic heterocycles. The number of nitrogens with zero attached hydrogens (tertiary/aromatic N) is 3. The predicted molar refractivity (Wildman–Crippen MR) is 62.1 cm³/mol. The highest BCUT2D eigenvalue weighted by Crippen LogP contribution is 2.13. The SMILES string of the molecule is C=CCn1ccnc1N1CCNC(C)C1. The molecular formula is C11H18N4. The van der Waals surface area contributed by atoms with Crippen molar-refractivity contribution in [2.75, 3.05) is 24.5 Å². The molecule has 1 aromatic rings. The van der Waals surface area contributed by atoms with Crippen LogP contribution >= 0.6 is 0 Å². The minimum Gasteiger partial charge on any atom is -0.339 e. The summed E-state index contributed by atoms with van der Waals surface area (Å²) in [5, 5.41) is 3.43. The topological polar surface area (TPSA) is 33.1 Å². The molecule has 0 radical (unpaired) electrons. The second-order valence-electron chi connectivity index (χ2n) is 3.97. The number of aromatic nitrogens is 2. The number of nitrogens with one attached hydrogen (secondary N) is 1. The van der Waals surface area contributed by atoms with Crippen LogP contribution in [0.25, 0.3) is 0 Å². The molecule has 0 amide bonds. The quantitative estimate of drug-likeness (QED) is 0.745. The Morgan fingerprint density at radius 3 is 3.33 bits per heavy atom. The Morgan fingerprint density at radius 2 is 2.60 bits per heavy atom. The van der Waals surface area contributed by atoms with Gasteiger partial charge in [-0.3, -0.25) is 0 Å². The molecule has 4 nitrogen and oxygen atoms in total. The van der Waals surface area contributed by atoms with E-state index in [0.29, 0.717) is 6.04 Å². The molecule has 2 heterocycles. The van der Waals surface area contributed by atoms with E-state index in [0.717, 1.165) is 32.1 Å². The molecule has 0 bridgehead atoms. The van der Waals surface area contributed by atoms with E-state index in [2.05, 4.69) is 33.3 Å². The van der Waals surface area contributed by atoms with E-state index in [-0.39, 0.29) is 0 Å². The van der Waals surface area contributed by atoms with Crippen molar-refractivity contribution in [3.63, 3.8) is 0 Å². The average molecular weight is 206 g/mol. The lowest BCUT2D eigenvalue weighted by atomic mass is 10.2. The van der Waals surface area contributed by atoms with Crippen LogP contribution in [0.3, 0.4) is 0 Å². The van der Waals surface area contributed by atoms with Gasteiger partial charge in [0.1, 0.15) is 0 Å². The van der Waals surface area contributed by atoms with Gasteiger partial charge < -0.3 is 14.8 Å². The minimum atomic E-state index is 0.535. The van der Waals surface area contributed by atoms with Gasteiger partial charge in [-0.1, -0.05) is 6.08 Å². The van der Waals surface area contributed by atoms with Crippen LogP contribution in [-0.2, 0) is 6.54 Å². The third kappa shape index (κ3) is 2.21. The zero-order chi connectivity index (χ0) is 10.7. The van der Waals surface area contributed by atoms with Crippen molar-refractivity contribution < 1.29 is 0 Å². The summed E-state index contributed by atoms with van der Waals surface area (Å²) in [5.74, 6) is 1.06. The molecular weight excluding hydrogens is 188 g/mol. The van der Waals surface area contributed by atoms with Gasteiger partial charge in [0.25, 0.3) is 0 Å². The average Bonchev–Trinajstić information content (AvgIpc) is 2.66. The molecule has 0 saturated carbocycles. The van der Waals surface area contributed by atoms with Crippen molar-refractivity contribution >= 4 is 5.95 Å². The molecule has 4 heteroatoms. The van der Waals surface area contributed by atoms with Crippen LogP contribution in [0.4, 0.5) is 5.95 Å². The van der Waals surface area contributed by atoms with Crippen LogP contribution < -0.4 is 10.2 Å². The predicted octanol–water partition coefficient (Wildman–Crippen LogP) is 0.867. The molecule has 1 N–H and O–H groups in total. The highest BCUT2D eigenvalue weighted by atomic mass is 15.3. The Morgan fingerprint density at radius 1 is 1.73 bits per heavy atom. The molecule has 1 aromatic heterocycles. The summed E-state index contributed by atoms with van der Waals surface area (Å²) in [5.41, 5.74) is 0. The van der Waals surface area contributed by atoms with Crippen molar-refractivity contribution in [2.24, 2.45) is 0 Å². The molecule has 0 aromatic carbocycles. The Kier molecular flexibility index (Phi) is 3.06. The van der Waals surface area contributed by atoms with Crippen LogP contribution in [0.5, 0.6) is 0 Å². The first-order chi connectivity index (χ1) is 7.31. The molecule has 0 aliphatic carbocycles. The lowest BCUT2D eigenvalue weighted by Crippen LogP contribution is -2.50. The molecule has 1 atom stereocenters. The van der Waals surface area contributed by atoms with Crippen molar-refractivity contribution in [3.05, 3.63) is 25.0 Å². The smallest absolute Gasteiger partial charge is 0.205 e. The summed E-state index contributed by atoms with van der Waals surface area (Å²) < 4.78 is 2.13. The van der Waals surface area contributed by atoms with Crippen molar-refractivity contribution in [1.29, 1.82) is 0 Å². The van der Waals surface area contributed by atoms with Crippen LogP contribution in [0.2, 0.25) is 0 Å². The number of hydrogen-bond acceptors (Lipinski definition) is 3. The first-order valence-corrected chi connectivity index (χ1v) is 5.41. The Labute approximate surface area is 90.6 Å². The van der Waals surface area contributed by atoms with Crippen LogP contribution in [0.1, 0.15) is 6.92 Å². The van der Waals surface area contributed by atoms with Gasteiger partial charge in [0, 0.05) is 44.6 Å². The van der Waals surface area contributed by atoms with Gasteiger partial charge in [0.05, 0.1) is 0 Å². The second-order valence-corrected chi connectivity index (χ2v) is 3.97. The number of anilines is 1. The number of imidazole rings is 1. The van der Waals surface area contributed by atoms with E-state index in [4.69, 9.17) is 0 Å². The van der Waals surface area contributed by atoms with Crippen molar-refractivity contribution in [2.45, 2.75) is 19.5 Å². The number of allylic oxidation sites excluding steroid dienone is 1. The Balaban J connectivity index is 2.13. The Bertz CT molecular complexity index is 331. The molecule has 1 saturated heterocycles. The molecule has 2 rings (SSSR count). The number of rotatable bonds is 3. The van der Waals surface area contributed by atoms with Gasteiger partial charge in [-0.15, -0.1) is 6.58 Å². The zero-order valence-corrected chi connectivity index (χ0v) is 9.19. The van der Waals surface area contributed by atoms with Gasteiger partial charge in [-0.2, -0.15) is 0 Å². The van der Waals surface area contributed by atoms with Crippen LogP contribution in [-0.4, -0.2) is 35.2 Å². The van der Waals surface area contributed by atoms with Crippen molar-refractivity contribution in [3.8, 4) is 0 Å². The van der Waals surface area contributed by atoms with Gasteiger partial charge >= 0.3 is 0 Å². The summed E-state index contributed by atoms with van der Waals surface area (Å²) in [7, 11) is 0. The fourth-order valence-electron chi connectivity index (χ4n) is 1.98. The first kappa shape index (κ1) is 10.2. The van der Waals surface area contributed by atoms with E-state index >= 15 is 0 Å². The summed E-state index contributed by atoms with van der Waals surface area (Å²) in [6.45, 7) is 9.86. The maximum Gasteiger partial charge on any atom is 0.205 e. The molecule has 82 valence electrons. The van der Waals surface area contributed by atoms with E-state index in [1.165, 1.54) is 0 Å². The normalized spacial score (nSPS) is 21.7. The van der Waals surface area contributed by atoms with E-state index < -0.39 is 0 Å².